The number of carbonyl (C=O) groups is 1. The summed E-state index contributed by atoms with van der Waals surface area (Å²) in [5.74, 6) is -0.152. The fourth-order valence-corrected chi connectivity index (χ4v) is 2.72. The molecule has 132 valence electrons. The number of aromatic nitrogens is 3. The van der Waals surface area contributed by atoms with Crippen LogP contribution >= 0.6 is 15.9 Å². The van der Waals surface area contributed by atoms with E-state index in [9.17, 15) is 4.79 Å². The van der Waals surface area contributed by atoms with E-state index >= 15 is 0 Å². The van der Waals surface area contributed by atoms with Crippen molar-refractivity contribution in [3.05, 3.63) is 64.9 Å². The Morgan fingerprint density at radius 3 is 2.73 bits per heavy atom. The standard InChI is InChI=1S/C18H16BrN5O2/c19-14-5-1-3-12(7-14)9-21-16-8-15(13-4-2-6-20-10-13)23-18(24-16)22-11-17(25)26/h1-8,10H,9,11H2,(H,25,26)(H2,21,22,23,24). The molecule has 3 rings (SSSR count). The lowest BCUT2D eigenvalue weighted by Gasteiger charge is -2.11. The molecule has 0 unspecified atom stereocenters. The van der Waals surface area contributed by atoms with Gasteiger partial charge in [-0.05, 0) is 29.8 Å². The second-order valence-electron chi connectivity index (χ2n) is 5.43. The molecule has 0 saturated carbocycles. The van der Waals surface area contributed by atoms with Crippen LogP contribution in [0.1, 0.15) is 5.56 Å². The van der Waals surface area contributed by atoms with Gasteiger partial charge in [-0.15, -0.1) is 0 Å². The maximum atomic E-state index is 10.8. The van der Waals surface area contributed by atoms with E-state index in [-0.39, 0.29) is 12.5 Å². The van der Waals surface area contributed by atoms with Crippen LogP contribution in [0, 0.1) is 0 Å². The molecular weight excluding hydrogens is 398 g/mol. The van der Waals surface area contributed by atoms with Crippen LogP contribution in [0.3, 0.4) is 0 Å². The van der Waals surface area contributed by atoms with Gasteiger partial charge >= 0.3 is 5.97 Å². The third-order valence-corrected chi connectivity index (χ3v) is 3.94. The van der Waals surface area contributed by atoms with Crippen LogP contribution in [0.5, 0.6) is 0 Å². The number of nitrogens with zero attached hydrogens (tertiary/aromatic N) is 3. The SMILES string of the molecule is O=C(O)CNc1nc(NCc2cccc(Br)c2)cc(-c2cccnc2)n1. The number of halogens is 1. The molecule has 0 aliphatic heterocycles. The van der Waals surface area contributed by atoms with Gasteiger partial charge in [0.2, 0.25) is 5.95 Å². The third-order valence-electron chi connectivity index (χ3n) is 3.44. The Morgan fingerprint density at radius 1 is 1.12 bits per heavy atom. The molecule has 0 aliphatic rings. The first kappa shape index (κ1) is 17.8. The normalized spacial score (nSPS) is 10.3. The molecule has 2 aromatic heterocycles. The fourth-order valence-electron chi connectivity index (χ4n) is 2.27. The molecule has 0 amide bonds. The number of rotatable bonds is 7. The van der Waals surface area contributed by atoms with Crippen LogP contribution in [0.25, 0.3) is 11.3 Å². The third kappa shape index (κ3) is 5.00. The van der Waals surface area contributed by atoms with Gasteiger partial charge in [-0.3, -0.25) is 9.78 Å². The maximum Gasteiger partial charge on any atom is 0.322 e. The van der Waals surface area contributed by atoms with E-state index in [1.807, 2.05) is 36.4 Å². The maximum absolute atomic E-state index is 10.8. The molecule has 0 saturated heterocycles. The van der Waals surface area contributed by atoms with Crippen molar-refractivity contribution in [3.8, 4) is 11.3 Å². The van der Waals surface area contributed by atoms with Crippen molar-refractivity contribution in [1.82, 2.24) is 15.0 Å². The van der Waals surface area contributed by atoms with Crippen LogP contribution < -0.4 is 10.6 Å². The highest BCUT2D eigenvalue weighted by Crippen LogP contribution is 2.21. The number of hydrogen-bond acceptors (Lipinski definition) is 6. The second-order valence-corrected chi connectivity index (χ2v) is 6.35. The lowest BCUT2D eigenvalue weighted by atomic mass is 10.2. The first-order valence-electron chi connectivity index (χ1n) is 7.83. The largest absolute Gasteiger partial charge is 0.480 e. The molecule has 1 aromatic carbocycles. The van der Waals surface area contributed by atoms with Gasteiger partial charge in [0.05, 0.1) is 5.69 Å². The van der Waals surface area contributed by atoms with Crippen molar-refractivity contribution >= 4 is 33.7 Å². The first-order valence-corrected chi connectivity index (χ1v) is 8.63. The average molecular weight is 414 g/mol. The molecule has 0 atom stereocenters. The minimum atomic E-state index is -0.982. The molecule has 8 heteroatoms. The molecule has 7 nitrogen and oxygen atoms in total. The van der Waals surface area contributed by atoms with Gasteiger partial charge in [0.25, 0.3) is 0 Å². The highest BCUT2D eigenvalue weighted by molar-refractivity contribution is 9.10. The number of benzene rings is 1. The predicted molar refractivity (Wildman–Crippen MR) is 103 cm³/mol. The van der Waals surface area contributed by atoms with Crippen LogP contribution in [0.15, 0.2) is 59.3 Å². The van der Waals surface area contributed by atoms with Gasteiger partial charge in [0.15, 0.2) is 0 Å². The minimum Gasteiger partial charge on any atom is -0.480 e. The van der Waals surface area contributed by atoms with Gasteiger partial charge in [0.1, 0.15) is 12.4 Å². The molecule has 3 N–H and O–H groups in total. The number of carboxylic acids is 1. The van der Waals surface area contributed by atoms with Gasteiger partial charge < -0.3 is 15.7 Å². The average Bonchev–Trinajstić information content (AvgIpc) is 2.65. The molecule has 0 fully saturated rings. The van der Waals surface area contributed by atoms with Crippen molar-refractivity contribution in [1.29, 1.82) is 0 Å². The number of hydrogen-bond donors (Lipinski definition) is 3. The van der Waals surface area contributed by atoms with E-state index in [1.54, 1.807) is 18.5 Å². The Kier molecular flexibility index (Phi) is 5.75. The molecular formula is C18H16BrN5O2. The Hall–Kier alpha value is -3.00. The van der Waals surface area contributed by atoms with Crippen molar-refractivity contribution in [2.24, 2.45) is 0 Å². The van der Waals surface area contributed by atoms with Crippen molar-refractivity contribution in [2.75, 3.05) is 17.2 Å². The summed E-state index contributed by atoms with van der Waals surface area (Å²) in [5, 5.41) is 14.8. The van der Waals surface area contributed by atoms with E-state index in [2.05, 4.69) is 41.5 Å². The van der Waals surface area contributed by atoms with Crippen LogP contribution in [0.4, 0.5) is 11.8 Å². The summed E-state index contributed by atoms with van der Waals surface area (Å²) in [5.41, 5.74) is 2.55. The molecule has 3 aromatic rings. The number of nitrogens with one attached hydrogen (secondary N) is 2. The molecule has 2 heterocycles. The number of anilines is 2. The van der Waals surface area contributed by atoms with E-state index in [0.717, 1.165) is 15.6 Å². The summed E-state index contributed by atoms with van der Waals surface area (Å²) >= 11 is 3.45. The Labute approximate surface area is 158 Å². The Morgan fingerprint density at radius 2 is 2.00 bits per heavy atom. The van der Waals surface area contributed by atoms with E-state index in [1.165, 1.54) is 0 Å². The molecule has 0 radical (unpaired) electrons. The zero-order valence-electron chi connectivity index (χ0n) is 13.7. The molecule has 0 bridgehead atoms. The molecule has 0 spiro atoms. The summed E-state index contributed by atoms with van der Waals surface area (Å²) < 4.78 is 0.999. The van der Waals surface area contributed by atoms with Crippen molar-refractivity contribution in [3.63, 3.8) is 0 Å². The summed E-state index contributed by atoms with van der Waals surface area (Å²) in [6.07, 6.45) is 3.38. The highest BCUT2D eigenvalue weighted by Gasteiger charge is 2.08. The van der Waals surface area contributed by atoms with E-state index < -0.39 is 5.97 Å². The van der Waals surface area contributed by atoms with Crippen molar-refractivity contribution < 1.29 is 9.90 Å². The summed E-state index contributed by atoms with van der Waals surface area (Å²) in [7, 11) is 0. The zero-order chi connectivity index (χ0) is 18.4. The molecule has 26 heavy (non-hydrogen) atoms. The fraction of sp³-hybridized carbons (Fsp3) is 0.111. The van der Waals surface area contributed by atoms with E-state index in [4.69, 9.17) is 5.11 Å². The monoisotopic (exact) mass is 413 g/mol. The lowest BCUT2D eigenvalue weighted by Crippen LogP contribution is -2.15. The minimum absolute atomic E-state index is 0.241. The second kappa shape index (κ2) is 8.39. The highest BCUT2D eigenvalue weighted by atomic mass is 79.9. The van der Waals surface area contributed by atoms with Gasteiger partial charge in [0, 0.05) is 35.0 Å². The van der Waals surface area contributed by atoms with E-state index in [0.29, 0.717) is 18.1 Å². The first-order chi connectivity index (χ1) is 12.6. The van der Waals surface area contributed by atoms with Crippen LogP contribution in [0.2, 0.25) is 0 Å². The topological polar surface area (TPSA) is 100 Å². The van der Waals surface area contributed by atoms with Gasteiger partial charge in [-0.2, -0.15) is 4.98 Å². The van der Waals surface area contributed by atoms with Gasteiger partial charge in [-0.25, -0.2) is 4.98 Å². The van der Waals surface area contributed by atoms with Crippen molar-refractivity contribution in [2.45, 2.75) is 6.54 Å². The zero-order valence-corrected chi connectivity index (χ0v) is 15.3. The predicted octanol–water partition coefficient (Wildman–Crippen LogP) is 3.41. The van der Waals surface area contributed by atoms with Crippen LogP contribution in [-0.2, 0) is 11.3 Å². The Bertz CT molecular complexity index is 905. The quantitative estimate of drug-likeness (QED) is 0.545. The van der Waals surface area contributed by atoms with Gasteiger partial charge in [-0.1, -0.05) is 28.1 Å². The smallest absolute Gasteiger partial charge is 0.322 e. The number of aliphatic carboxylic acids is 1. The summed E-state index contributed by atoms with van der Waals surface area (Å²) in [6, 6.07) is 13.4. The summed E-state index contributed by atoms with van der Waals surface area (Å²) in [6.45, 7) is 0.308. The lowest BCUT2D eigenvalue weighted by molar-refractivity contribution is -0.134. The Balaban J connectivity index is 1.85. The summed E-state index contributed by atoms with van der Waals surface area (Å²) in [4.78, 5) is 23.6. The van der Waals surface area contributed by atoms with Crippen LogP contribution in [-0.4, -0.2) is 32.6 Å². The number of carboxylic acid groups (broad SMARTS) is 1. The molecule has 0 aliphatic carbocycles. The number of pyridine rings is 1.